The Morgan fingerprint density at radius 1 is 1.29 bits per heavy atom. The van der Waals surface area contributed by atoms with E-state index < -0.39 is 0 Å². The minimum atomic E-state index is 0. The summed E-state index contributed by atoms with van der Waals surface area (Å²) >= 11 is 0. The number of hydrogen-bond donors (Lipinski definition) is 1. The number of nitrogens with two attached hydrogens (primary N) is 1. The molecule has 0 amide bonds. The molecule has 0 saturated carbocycles. The minimum Gasteiger partial charge on any atom is -0.269 e. The molecule has 0 rings (SSSR count). The van der Waals surface area contributed by atoms with Gasteiger partial charge in [0.2, 0.25) is 0 Å². The van der Waals surface area contributed by atoms with Crippen molar-refractivity contribution < 1.29 is 25.8 Å². The summed E-state index contributed by atoms with van der Waals surface area (Å²) in [6, 6.07) is 0. The molecule has 0 heterocycles. The average Bonchev–Trinajstić information content (AvgIpc) is 1.65. The fourth-order valence-corrected chi connectivity index (χ4v) is 0.224. The molecule has 0 saturated heterocycles. The van der Waals surface area contributed by atoms with Crippen molar-refractivity contribution in [2.45, 2.75) is 13.8 Å². The van der Waals surface area contributed by atoms with E-state index in [-0.39, 0.29) is 25.8 Å². The topological polar surface area (TPSA) is 29.3 Å². The molecule has 0 aromatic heterocycles. The van der Waals surface area contributed by atoms with E-state index in [4.69, 9.17) is 5.84 Å². The summed E-state index contributed by atoms with van der Waals surface area (Å²) in [5.74, 6) is 5.31. The van der Waals surface area contributed by atoms with E-state index in [1.54, 1.807) is 5.01 Å². The van der Waals surface area contributed by atoms with Gasteiger partial charge >= 0.3 is 0 Å². The Morgan fingerprint density at radius 2 is 1.57 bits per heavy atom. The van der Waals surface area contributed by atoms with Crippen LogP contribution in [0.4, 0.5) is 0 Å². The van der Waals surface area contributed by atoms with Gasteiger partial charge in [-0.2, -0.15) is 0 Å². The van der Waals surface area contributed by atoms with E-state index in [0.717, 1.165) is 13.1 Å². The second kappa shape index (κ2) is 6.79. The van der Waals surface area contributed by atoms with Gasteiger partial charge in [0.1, 0.15) is 0 Å². The number of hydrazine groups is 1. The smallest absolute Gasteiger partial charge is 0.00996 e. The summed E-state index contributed by atoms with van der Waals surface area (Å²) < 4.78 is 0. The van der Waals surface area contributed by atoms with Crippen LogP contribution in [0.25, 0.3) is 0 Å². The van der Waals surface area contributed by atoms with E-state index in [9.17, 15) is 0 Å². The van der Waals surface area contributed by atoms with Crippen molar-refractivity contribution in [2.24, 2.45) is 5.84 Å². The molecule has 2 nitrogen and oxygen atoms in total. The van der Waals surface area contributed by atoms with Gasteiger partial charge in [-0.25, -0.2) is 5.01 Å². The van der Waals surface area contributed by atoms with E-state index in [2.05, 4.69) is 0 Å². The molecule has 0 aromatic carbocycles. The summed E-state index contributed by atoms with van der Waals surface area (Å²) in [4.78, 5) is 0. The van der Waals surface area contributed by atoms with Crippen LogP contribution in [0.1, 0.15) is 13.8 Å². The maximum Gasteiger partial charge on any atom is 0.00996 e. The van der Waals surface area contributed by atoms with Gasteiger partial charge < -0.3 is 0 Å². The SMILES string of the molecule is CCN(N)CC.[Hf]. The summed E-state index contributed by atoms with van der Waals surface area (Å²) in [5, 5.41) is 1.75. The molecule has 7 heavy (non-hydrogen) atoms. The molecule has 0 aromatic rings. The molecule has 0 aliphatic rings. The standard InChI is InChI=1S/C4H12N2.Hf/c1-3-6(5)4-2;/h3-5H2,1-2H3;. The third kappa shape index (κ3) is 6.79. The first-order valence-electron chi connectivity index (χ1n) is 2.30. The van der Waals surface area contributed by atoms with Gasteiger partial charge in [-0.15, -0.1) is 0 Å². The molecule has 0 fully saturated rings. The van der Waals surface area contributed by atoms with Gasteiger partial charge in [-0.3, -0.25) is 5.84 Å². The van der Waals surface area contributed by atoms with Crippen LogP contribution in [-0.2, 0) is 25.8 Å². The molecule has 3 heteroatoms. The molecule has 0 aliphatic heterocycles. The molecule has 0 aliphatic carbocycles. The summed E-state index contributed by atoms with van der Waals surface area (Å²) in [6.07, 6.45) is 0. The zero-order valence-corrected chi connectivity index (χ0v) is 8.53. The molecule has 0 unspecified atom stereocenters. The van der Waals surface area contributed by atoms with Crippen molar-refractivity contribution >= 4 is 0 Å². The Hall–Kier alpha value is 0.790. The van der Waals surface area contributed by atoms with Gasteiger partial charge in [-0.05, 0) is 0 Å². The summed E-state index contributed by atoms with van der Waals surface area (Å²) in [6.45, 7) is 5.94. The largest absolute Gasteiger partial charge is 0.269 e. The number of rotatable bonds is 2. The van der Waals surface area contributed by atoms with Gasteiger partial charge in [0, 0.05) is 38.9 Å². The van der Waals surface area contributed by atoms with Gasteiger partial charge in [0.15, 0.2) is 0 Å². The molecular formula is C4H12HfN2. The number of hydrogen-bond acceptors (Lipinski definition) is 2. The van der Waals surface area contributed by atoms with Gasteiger partial charge in [0.05, 0.1) is 0 Å². The minimum absolute atomic E-state index is 0. The van der Waals surface area contributed by atoms with Crippen molar-refractivity contribution in [3.8, 4) is 0 Å². The zero-order valence-electron chi connectivity index (χ0n) is 4.94. The molecule has 0 bridgehead atoms. The molecule has 42 valence electrons. The second-order valence-corrected chi connectivity index (χ2v) is 1.22. The van der Waals surface area contributed by atoms with E-state index in [1.807, 2.05) is 13.8 Å². The van der Waals surface area contributed by atoms with Crippen molar-refractivity contribution in [2.75, 3.05) is 13.1 Å². The fourth-order valence-electron chi connectivity index (χ4n) is 0.224. The Morgan fingerprint density at radius 3 is 1.57 bits per heavy atom. The van der Waals surface area contributed by atoms with Crippen LogP contribution in [0, 0.1) is 0 Å². The fraction of sp³-hybridized carbons (Fsp3) is 1.00. The Labute approximate surface area is 63.8 Å². The van der Waals surface area contributed by atoms with Crippen LogP contribution < -0.4 is 5.84 Å². The van der Waals surface area contributed by atoms with Crippen molar-refractivity contribution in [1.82, 2.24) is 5.01 Å². The Kier molecular flexibility index (Phi) is 10.4. The van der Waals surface area contributed by atoms with Crippen molar-refractivity contribution in [3.63, 3.8) is 0 Å². The maximum absolute atomic E-state index is 5.31. The van der Waals surface area contributed by atoms with E-state index in [0.29, 0.717) is 0 Å². The quantitative estimate of drug-likeness (QED) is 0.440. The summed E-state index contributed by atoms with van der Waals surface area (Å²) in [7, 11) is 0. The second-order valence-electron chi connectivity index (χ2n) is 1.22. The molecule has 0 spiro atoms. The zero-order chi connectivity index (χ0) is 4.99. The third-order valence-electron chi connectivity index (χ3n) is 0.812. The van der Waals surface area contributed by atoms with E-state index >= 15 is 0 Å². The van der Waals surface area contributed by atoms with E-state index in [1.165, 1.54) is 0 Å². The van der Waals surface area contributed by atoms with Crippen LogP contribution in [0.15, 0.2) is 0 Å². The third-order valence-corrected chi connectivity index (χ3v) is 0.812. The molecular weight excluding hydrogens is 255 g/mol. The maximum atomic E-state index is 5.31. The van der Waals surface area contributed by atoms with Crippen LogP contribution in [0.5, 0.6) is 0 Å². The predicted molar refractivity (Wildman–Crippen MR) is 27.1 cm³/mol. The Bertz CT molecular complexity index is 28.9. The normalized spacial score (nSPS) is 8.57. The van der Waals surface area contributed by atoms with Crippen LogP contribution >= 0.6 is 0 Å². The van der Waals surface area contributed by atoms with Gasteiger partial charge in [-0.1, -0.05) is 13.8 Å². The van der Waals surface area contributed by atoms with Crippen LogP contribution in [-0.4, -0.2) is 18.1 Å². The molecule has 0 radical (unpaired) electrons. The molecule has 0 atom stereocenters. The summed E-state index contributed by atoms with van der Waals surface area (Å²) in [5.41, 5.74) is 0. The first-order chi connectivity index (χ1) is 2.81. The first-order valence-corrected chi connectivity index (χ1v) is 2.30. The molecule has 2 N–H and O–H groups in total. The predicted octanol–water partition coefficient (Wildman–Crippen LogP) is 0.199. The van der Waals surface area contributed by atoms with Crippen molar-refractivity contribution in [3.05, 3.63) is 0 Å². The van der Waals surface area contributed by atoms with Crippen molar-refractivity contribution in [1.29, 1.82) is 0 Å². The Balaban J connectivity index is 0. The number of nitrogens with zero attached hydrogens (tertiary/aromatic N) is 1. The monoisotopic (exact) mass is 268 g/mol. The average molecular weight is 267 g/mol. The first kappa shape index (κ1) is 10.7. The van der Waals surface area contributed by atoms with Gasteiger partial charge in [0.25, 0.3) is 0 Å². The van der Waals surface area contributed by atoms with Crippen LogP contribution in [0.3, 0.4) is 0 Å². The van der Waals surface area contributed by atoms with Crippen LogP contribution in [0.2, 0.25) is 0 Å².